The number of carbonyl (C=O) groups is 1. The summed E-state index contributed by atoms with van der Waals surface area (Å²) < 4.78 is 5.51. The molecule has 1 N–H and O–H groups in total. The quantitative estimate of drug-likeness (QED) is 0.317. The van der Waals surface area contributed by atoms with Crippen LogP contribution in [0.25, 0.3) is 17.2 Å². The van der Waals surface area contributed by atoms with Crippen LogP contribution >= 0.6 is 23.4 Å². The van der Waals surface area contributed by atoms with E-state index in [0.717, 1.165) is 0 Å². The van der Waals surface area contributed by atoms with Gasteiger partial charge in [0, 0.05) is 24.2 Å². The Hall–Kier alpha value is -2.83. The number of alkyl carbamates (subject to hydrolysis) is 1. The van der Waals surface area contributed by atoms with E-state index in [2.05, 4.69) is 39.6 Å². The molecule has 4 rings (SSSR count). The topological polar surface area (TPSA) is 64.1 Å². The number of benzene rings is 2. The lowest BCUT2D eigenvalue weighted by Crippen LogP contribution is -2.26. The van der Waals surface area contributed by atoms with E-state index < -0.39 is 6.09 Å². The van der Waals surface area contributed by atoms with Crippen molar-refractivity contribution in [2.24, 2.45) is 0 Å². The van der Waals surface area contributed by atoms with Crippen LogP contribution in [0.4, 0.5) is 4.79 Å². The highest BCUT2D eigenvalue weighted by molar-refractivity contribution is 7.98. The van der Waals surface area contributed by atoms with Gasteiger partial charge in [0.15, 0.2) is 5.16 Å². The number of hydrogen-bond donors (Lipinski definition) is 1. The van der Waals surface area contributed by atoms with Crippen molar-refractivity contribution in [3.63, 3.8) is 0 Å². The second-order valence-electron chi connectivity index (χ2n) is 6.71. The van der Waals surface area contributed by atoms with E-state index in [1.54, 1.807) is 18.3 Å². The molecule has 7 heteroatoms. The number of thioether (sulfide) groups is 1. The van der Waals surface area contributed by atoms with E-state index >= 15 is 0 Å². The van der Waals surface area contributed by atoms with Gasteiger partial charge in [-0.25, -0.2) is 14.8 Å². The first-order valence-corrected chi connectivity index (χ1v) is 11.1. The lowest BCUT2D eigenvalue weighted by Gasteiger charge is -2.14. The largest absolute Gasteiger partial charge is 0.449 e. The highest BCUT2D eigenvalue weighted by Gasteiger charge is 2.28. The number of halogens is 1. The van der Waals surface area contributed by atoms with Crippen molar-refractivity contribution < 1.29 is 9.53 Å². The standard InChI is InChI=1S/C23H20ClN3O2S/c1-30-22-26-13-15(21(24)27-22)7-6-12-25-23(28)29-14-20-18-10-4-2-8-16(18)17-9-3-5-11-19(17)20/h2-11,13,20H,12,14H2,1H3,(H,25,28). The maximum atomic E-state index is 12.2. The molecule has 30 heavy (non-hydrogen) atoms. The van der Waals surface area contributed by atoms with Crippen LogP contribution in [0, 0.1) is 0 Å². The van der Waals surface area contributed by atoms with Gasteiger partial charge < -0.3 is 10.1 Å². The zero-order valence-electron chi connectivity index (χ0n) is 16.3. The van der Waals surface area contributed by atoms with Gasteiger partial charge in [0.1, 0.15) is 11.8 Å². The molecular weight excluding hydrogens is 418 g/mol. The Bertz CT molecular complexity index is 1060. The van der Waals surface area contributed by atoms with Crippen molar-refractivity contribution in [1.82, 2.24) is 15.3 Å². The second kappa shape index (κ2) is 9.32. The molecule has 0 aliphatic heterocycles. The molecule has 0 saturated heterocycles. The van der Waals surface area contributed by atoms with Crippen LogP contribution in [-0.2, 0) is 4.74 Å². The molecule has 0 bridgehead atoms. The number of carbonyl (C=O) groups excluding carboxylic acids is 1. The first-order valence-electron chi connectivity index (χ1n) is 9.49. The van der Waals surface area contributed by atoms with Gasteiger partial charge in [-0.15, -0.1) is 0 Å². The van der Waals surface area contributed by atoms with Crippen LogP contribution in [0.2, 0.25) is 5.15 Å². The highest BCUT2D eigenvalue weighted by atomic mass is 35.5. The monoisotopic (exact) mass is 437 g/mol. The molecule has 1 aliphatic rings. The smallest absolute Gasteiger partial charge is 0.407 e. The molecule has 1 amide bonds. The number of rotatable bonds is 6. The fourth-order valence-electron chi connectivity index (χ4n) is 3.54. The second-order valence-corrected chi connectivity index (χ2v) is 7.84. The number of aromatic nitrogens is 2. The summed E-state index contributed by atoms with van der Waals surface area (Å²) in [6, 6.07) is 16.5. The van der Waals surface area contributed by atoms with Gasteiger partial charge in [-0.1, -0.05) is 84.0 Å². The van der Waals surface area contributed by atoms with Crippen molar-refractivity contribution in [2.75, 3.05) is 19.4 Å². The summed E-state index contributed by atoms with van der Waals surface area (Å²) in [6.07, 6.45) is 6.65. The van der Waals surface area contributed by atoms with E-state index in [4.69, 9.17) is 16.3 Å². The fourth-order valence-corrected chi connectivity index (χ4v) is 4.13. The third-order valence-corrected chi connectivity index (χ3v) is 5.80. The average molecular weight is 438 g/mol. The Kier molecular flexibility index (Phi) is 6.35. The van der Waals surface area contributed by atoms with E-state index in [0.29, 0.717) is 29.0 Å². The molecule has 1 aromatic heterocycles. The van der Waals surface area contributed by atoms with Gasteiger partial charge in [0.2, 0.25) is 0 Å². The van der Waals surface area contributed by atoms with Crippen LogP contribution in [-0.4, -0.2) is 35.5 Å². The van der Waals surface area contributed by atoms with Gasteiger partial charge >= 0.3 is 6.09 Å². The Balaban J connectivity index is 1.32. The van der Waals surface area contributed by atoms with E-state index in [9.17, 15) is 4.79 Å². The Morgan fingerprint density at radius 1 is 1.17 bits per heavy atom. The summed E-state index contributed by atoms with van der Waals surface area (Å²) >= 11 is 7.55. The van der Waals surface area contributed by atoms with Gasteiger partial charge in [0.25, 0.3) is 0 Å². The van der Waals surface area contributed by atoms with Crippen LogP contribution < -0.4 is 5.32 Å². The van der Waals surface area contributed by atoms with Crippen LogP contribution in [0.5, 0.6) is 0 Å². The molecule has 3 aromatic rings. The van der Waals surface area contributed by atoms with Gasteiger partial charge in [0.05, 0.1) is 0 Å². The normalized spacial score (nSPS) is 12.6. The maximum Gasteiger partial charge on any atom is 0.407 e. The highest BCUT2D eigenvalue weighted by Crippen LogP contribution is 2.44. The number of nitrogens with one attached hydrogen (secondary N) is 1. The summed E-state index contributed by atoms with van der Waals surface area (Å²) in [5.41, 5.74) is 5.49. The minimum atomic E-state index is -0.457. The summed E-state index contributed by atoms with van der Waals surface area (Å²) in [7, 11) is 0. The SMILES string of the molecule is CSc1ncc(C=CCNC(=O)OCC2c3ccccc3-c3ccccc32)c(Cl)n1. The molecule has 0 spiro atoms. The van der Waals surface area contributed by atoms with E-state index in [1.807, 2.05) is 30.5 Å². The number of amides is 1. The fraction of sp³-hybridized carbons (Fsp3) is 0.174. The zero-order valence-corrected chi connectivity index (χ0v) is 17.9. The molecule has 0 fully saturated rings. The van der Waals surface area contributed by atoms with Crippen molar-refractivity contribution >= 4 is 35.5 Å². The first-order chi connectivity index (χ1) is 14.7. The number of ether oxygens (including phenoxy) is 1. The van der Waals surface area contributed by atoms with E-state index in [-0.39, 0.29) is 5.92 Å². The number of nitrogens with zero attached hydrogens (tertiary/aromatic N) is 2. The van der Waals surface area contributed by atoms with Gasteiger partial charge in [-0.3, -0.25) is 0 Å². The molecule has 1 heterocycles. The minimum Gasteiger partial charge on any atom is -0.449 e. The molecule has 0 saturated carbocycles. The van der Waals surface area contributed by atoms with Crippen molar-refractivity contribution in [2.45, 2.75) is 11.1 Å². The van der Waals surface area contributed by atoms with Crippen LogP contribution in [0.15, 0.2) is 66.0 Å². The van der Waals surface area contributed by atoms with E-state index in [1.165, 1.54) is 34.0 Å². The Morgan fingerprint density at radius 2 is 1.83 bits per heavy atom. The number of fused-ring (bicyclic) bond motifs is 3. The Morgan fingerprint density at radius 3 is 2.47 bits per heavy atom. The minimum absolute atomic E-state index is 0.0459. The number of hydrogen-bond acceptors (Lipinski definition) is 5. The molecule has 2 aromatic carbocycles. The molecular formula is C23H20ClN3O2S. The van der Waals surface area contributed by atoms with Gasteiger partial charge in [-0.2, -0.15) is 0 Å². The van der Waals surface area contributed by atoms with Gasteiger partial charge in [-0.05, 0) is 28.5 Å². The Labute approximate surface area is 184 Å². The van der Waals surface area contributed by atoms with Crippen molar-refractivity contribution in [3.8, 4) is 11.1 Å². The predicted octanol–water partition coefficient (Wildman–Crippen LogP) is 5.40. The average Bonchev–Trinajstić information content (AvgIpc) is 3.10. The summed E-state index contributed by atoms with van der Waals surface area (Å²) in [5, 5.41) is 3.73. The molecule has 152 valence electrons. The van der Waals surface area contributed by atoms with Crippen LogP contribution in [0.1, 0.15) is 22.6 Å². The third-order valence-electron chi connectivity index (χ3n) is 4.93. The zero-order chi connectivity index (χ0) is 20.9. The molecule has 5 nitrogen and oxygen atoms in total. The molecule has 1 aliphatic carbocycles. The summed E-state index contributed by atoms with van der Waals surface area (Å²) in [5.74, 6) is 0.0459. The first kappa shape index (κ1) is 20.4. The van der Waals surface area contributed by atoms with Crippen LogP contribution in [0.3, 0.4) is 0 Å². The van der Waals surface area contributed by atoms with Crippen molar-refractivity contribution in [1.29, 1.82) is 0 Å². The lowest BCUT2D eigenvalue weighted by molar-refractivity contribution is 0.144. The van der Waals surface area contributed by atoms with Crippen molar-refractivity contribution in [3.05, 3.63) is 82.6 Å². The third kappa shape index (κ3) is 4.35. The summed E-state index contributed by atoms with van der Waals surface area (Å²) in [6.45, 7) is 0.608. The lowest BCUT2D eigenvalue weighted by atomic mass is 9.98. The predicted molar refractivity (Wildman–Crippen MR) is 121 cm³/mol. The maximum absolute atomic E-state index is 12.2. The molecule has 0 unspecified atom stereocenters. The summed E-state index contributed by atoms with van der Waals surface area (Å²) in [4.78, 5) is 20.5. The molecule has 0 radical (unpaired) electrons. The molecule has 0 atom stereocenters.